The topological polar surface area (TPSA) is 84.5 Å². The lowest BCUT2D eigenvalue weighted by molar-refractivity contribution is -0.127. The first kappa shape index (κ1) is 20.7. The summed E-state index contributed by atoms with van der Waals surface area (Å²) < 4.78 is 5.62. The highest BCUT2D eigenvalue weighted by atomic mass is 16.5. The van der Waals surface area contributed by atoms with Crippen LogP contribution in [0, 0.1) is 0 Å². The van der Waals surface area contributed by atoms with Crippen LogP contribution in [0.3, 0.4) is 0 Å². The van der Waals surface area contributed by atoms with Crippen molar-refractivity contribution in [2.24, 2.45) is 0 Å². The summed E-state index contributed by atoms with van der Waals surface area (Å²) >= 11 is 0. The predicted octanol–water partition coefficient (Wildman–Crippen LogP) is 2.18. The number of carbonyl (C=O) groups excluding carboxylic acids is 3. The van der Waals surface area contributed by atoms with E-state index in [0.717, 1.165) is 0 Å². The van der Waals surface area contributed by atoms with Gasteiger partial charge in [0, 0.05) is 25.9 Å². The number of Topliss-reactive ketones (excluding diaryl/α,β-unsaturated/α-hetero) is 1. The Kier molecular flexibility index (Phi) is 8.67. The molecule has 0 aliphatic rings. The van der Waals surface area contributed by atoms with Crippen LogP contribution < -0.4 is 15.4 Å². The van der Waals surface area contributed by atoms with Gasteiger partial charge in [0.15, 0.2) is 6.10 Å². The van der Waals surface area contributed by atoms with E-state index in [2.05, 4.69) is 24.5 Å². The number of carbonyl (C=O) groups is 3. The summed E-state index contributed by atoms with van der Waals surface area (Å²) in [5, 5.41) is 5.36. The summed E-state index contributed by atoms with van der Waals surface area (Å²) in [6.07, 6.45) is -0.216. The monoisotopic (exact) mass is 348 g/mol. The maximum absolute atomic E-state index is 12.0. The number of rotatable bonds is 10. The lowest BCUT2D eigenvalue weighted by atomic mass is 10.0. The second kappa shape index (κ2) is 10.5. The number of hydrogen-bond acceptors (Lipinski definition) is 4. The van der Waals surface area contributed by atoms with E-state index in [1.54, 1.807) is 6.92 Å². The highest BCUT2D eigenvalue weighted by Gasteiger charge is 2.14. The van der Waals surface area contributed by atoms with E-state index in [9.17, 15) is 14.4 Å². The zero-order chi connectivity index (χ0) is 18.8. The molecule has 0 spiro atoms. The van der Waals surface area contributed by atoms with E-state index < -0.39 is 6.10 Å². The molecule has 1 aromatic rings. The van der Waals surface area contributed by atoms with Crippen LogP contribution in [-0.4, -0.2) is 36.8 Å². The third-order valence-corrected chi connectivity index (χ3v) is 3.68. The van der Waals surface area contributed by atoms with Crippen LogP contribution in [0.25, 0.3) is 0 Å². The summed E-state index contributed by atoms with van der Waals surface area (Å²) in [6.45, 7) is 7.99. The molecular formula is C19H28N2O4. The minimum atomic E-state index is -0.627. The summed E-state index contributed by atoms with van der Waals surface area (Å²) in [4.78, 5) is 34.2. The van der Waals surface area contributed by atoms with Gasteiger partial charge in [0.05, 0.1) is 0 Å². The zero-order valence-electron chi connectivity index (χ0n) is 15.4. The number of ether oxygens (including phenoxy) is 1. The lowest BCUT2D eigenvalue weighted by Crippen LogP contribution is -2.40. The zero-order valence-corrected chi connectivity index (χ0v) is 15.4. The van der Waals surface area contributed by atoms with Crippen molar-refractivity contribution in [2.45, 2.75) is 52.6 Å². The molecule has 1 unspecified atom stereocenters. The van der Waals surface area contributed by atoms with E-state index in [-0.39, 0.29) is 30.4 Å². The molecular weight excluding hydrogens is 320 g/mol. The molecule has 0 aromatic heterocycles. The van der Waals surface area contributed by atoms with Crippen molar-refractivity contribution in [3.63, 3.8) is 0 Å². The van der Waals surface area contributed by atoms with Crippen LogP contribution in [0.5, 0.6) is 5.75 Å². The molecule has 0 saturated carbocycles. The fraction of sp³-hybridized carbons (Fsp3) is 0.526. The minimum Gasteiger partial charge on any atom is -0.481 e. The third kappa shape index (κ3) is 8.33. The van der Waals surface area contributed by atoms with Crippen LogP contribution >= 0.6 is 0 Å². The molecule has 1 rings (SSSR count). The molecule has 0 bridgehead atoms. The average molecular weight is 348 g/mol. The molecule has 1 aromatic carbocycles. The van der Waals surface area contributed by atoms with Crippen molar-refractivity contribution in [3.05, 3.63) is 29.8 Å². The summed E-state index contributed by atoms with van der Waals surface area (Å²) in [5.41, 5.74) is 1.21. The van der Waals surface area contributed by atoms with Crippen molar-refractivity contribution in [3.8, 4) is 5.75 Å². The van der Waals surface area contributed by atoms with E-state index in [1.165, 1.54) is 12.5 Å². The predicted molar refractivity (Wildman–Crippen MR) is 96.6 cm³/mol. The van der Waals surface area contributed by atoms with Gasteiger partial charge < -0.3 is 20.2 Å². The molecule has 1 atom stereocenters. The second-order valence-electron chi connectivity index (χ2n) is 6.33. The lowest BCUT2D eigenvalue weighted by Gasteiger charge is -2.15. The molecule has 0 heterocycles. The smallest absolute Gasteiger partial charge is 0.260 e. The first-order valence-electron chi connectivity index (χ1n) is 8.60. The molecule has 138 valence electrons. The Labute approximate surface area is 149 Å². The quantitative estimate of drug-likeness (QED) is 0.635. The van der Waals surface area contributed by atoms with Crippen molar-refractivity contribution < 1.29 is 19.1 Å². The highest BCUT2D eigenvalue weighted by molar-refractivity contribution is 5.83. The van der Waals surface area contributed by atoms with Gasteiger partial charge in [-0.15, -0.1) is 0 Å². The number of ketones is 1. The van der Waals surface area contributed by atoms with Crippen LogP contribution in [0.1, 0.15) is 52.0 Å². The molecule has 0 saturated heterocycles. The van der Waals surface area contributed by atoms with Crippen LogP contribution in [0.4, 0.5) is 0 Å². The molecule has 25 heavy (non-hydrogen) atoms. The molecule has 0 aliphatic heterocycles. The maximum Gasteiger partial charge on any atom is 0.260 e. The van der Waals surface area contributed by atoms with E-state index in [0.29, 0.717) is 24.8 Å². The van der Waals surface area contributed by atoms with Gasteiger partial charge >= 0.3 is 0 Å². The van der Waals surface area contributed by atoms with Gasteiger partial charge in [-0.2, -0.15) is 0 Å². The standard InChI is InChI=1S/C19H28N2O4/c1-13(2)16-6-8-17(9-7-16)25-15(4)19(24)21-12-11-20-18(23)10-5-14(3)22/h6-9,13,15H,5,10-12H2,1-4H3,(H,20,23)(H,21,24). The Balaban J connectivity index is 2.27. The Morgan fingerprint density at radius 1 is 0.960 bits per heavy atom. The number of benzene rings is 1. The first-order chi connectivity index (χ1) is 11.8. The van der Waals surface area contributed by atoms with Gasteiger partial charge in [-0.3, -0.25) is 9.59 Å². The van der Waals surface area contributed by atoms with Crippen molar-refractivity contribution in [2.75, 3.05) is 13.1 Å². The van der Waals surface area contributed by atoms with Gasteiger partial charge in [0.2, 0.25) is 5.91 Å². The van der Waals surface area contributed by atoms with Crippen molar-refractivity contribution in [1.29, 1.82) is 0 Å². The van der Waals surface area contributed by atoms with Gasteiger partial charge in [-0.05, 0) is 37.5 Å². The number of nitrogens with one attached hydrogen (secondary N) is 2. The average Bonchev–Trinajstić information content (AvgIpc) is 2.57. The minimum absolute atomic E-state index is 0.0177. The molecule has 0 aliphatic carbocycles. The van der Waals surface area contributed by atoms with Crippen molar-refractivity contribution in [1.82, 2.24) is 10.6 Å². The van der Waals surface area contributed by atoms with Gasteiger partial charge in [-0.25, -0.2) is 0 Å². The van der Waals surface area contributed by atoms with E-state index in [1.807, 2.05) is 24.3 Å². The normalized spacial score (nSPS) is 11.7. The Hall–Kier alpha value is -2.37. The highest BCUT2D eigenvalue weighted by Crippen LogP contribution is 2.19. The molecule has 6 nitrogen and oxygen atoms in total. The summed E-state index contributed by atoms with van der Waals surface area (Å²) in [7, 11) is 0. The number of hydrogen-bond donors (Lipinski definition) is 2. The molecule has 2 N–H and O–H groups in total. The Bertz CT molecular complexity index is 582. The largest absolute Gasteiger partial charge is 0.481 e. The fourth-order valence-electron chi connectivity index (χ4n) is 2.10. The molecule has 0 fully saturated rings. The van der Waals surface area contributed by atoms with Crippen molar-refractivity contribution >= 4 is 17.6 Å². The van der Waals surface area contributed by atoms with Gasteiger partial charge in [0.25, 0.3) is 5.91 Å². The van der Waals surface area contributed by atoms with Crippen LogP contribution in [-0.2, 0) is 14.4 Å². The third-order valence-electron chi connectivity index (χ3n) is 3.68. The van der Waals surface area contributed by atoms with Crippen LogP contribution in [0.2, 0.25) is 0 Å². The number of amides is 2. The Morgan fingerprint density at radius 3 is 2.12 bits per heavy atom. The summed E-state index contributed by atoms with van der Waals surface area (Å²) in [5.74, 6) is 0.630. The molecule has 0 radical (unpaired) electrons. The second-order valence-corrected chi connectivity index (χ2v) is 6.33. The summed E-state index contributed by atoms with van der Waals surface area (Å²) in [6, 6.07) is 7.69. The molecule has 6 heteroatoms. The SMILES string of the molecule is CC(=O)CCC(=O)NCCNC(=O)C(C)Oc1ccc(C(C)C)cc1. The van der Waals surface area contributed by atoms with E-state index >= 15 is 0 Å². The van der Waals surface area contributed by atoms with Gasteiger partial charge in [-0.1, -0.05) is 26.0 Å². The fourth-order valence-corrected chi connectivity index (χ4v) is 2.10. The van der Waals surface area contributed by atoms with E-state index in [4.69, 9.17) is 4.74 Å². The molecule has 2 amide bonds. The van der Waals surface area contributed by atoms with Gasteiger partial charge in [0.1, 0.15) is 11.5 Å². The first-order valence-corrected chi connectivity index (χ1v) is 8.60. The Morgan fingerprint density at radius 2 is 1.56 bits per heavy atom. The van der Waals surface area contributed by atoms with Crippen LogP contribution in [0.15, 0.2) is 24.3 Å². The maximum atomic E-state index is 12.0.